The van der Waals surface area contributed by atoms with Crippen LogP contribution in [-0.2, 0) is 10.0 Å². The molecule has 0 radical (unpaired) electrons. The molecule has 2 aliphatic rings. The normalized spacial score (nSPS) is 28.8. The van der Waals surface area contributed by atoms with Crippen LogP contribution in [0.3, 0.4) is 0 Å². The number of nitrogens with one attached hydrogen (secondary N) is 2. The number of hydrogen-bond acceptors (Lipinski definition) is 4. The average molecular weight is 295 g/mol. The molecule has 0 saturated heterocycles. The van der Waals surface area contributed by atoms with Gasteiger partial charge in [0.05, 0.1) is 16.3 Å². The molecule has 3 atom stereocenters. The molecule has 1 aromatic rings. The summed E-state index contributed by atoms with van der Waals surface area (Å²) in [6.45, 7) is 0. The maximum atomic E-state index is 11.8. The van der Waals surface area contributed by atoms with Crippen molar-refractivity contribution in [2.24, 2.45) is 11.8 Å². The maximum Gasteiger partial charge on any atom is 0.240 e. The van der Waals surface area contributed by atoms with Gasteiger partial charge in [-0.25, -0.2) is 13.1 Å². The first-order chi connectivity index (χ1) is 9.49. The molecule has 0 aromatic heterocycles. The van der Waals surface area contributed by atoms with Crippen LogP contribution >= 0.6 is 0 Å². The highest BCUT2D eigenvalue weighted by Crippen LogP contribution is 2.46. The van der Waals surface area contributed by atoms with Gasteiger partial charge in [0.15, 0.2) is 0 Å². The van der Waals surface area contributed by atoms with E-state index in [0.717, 1.165) is 11.6 Å². The summed E-state index contributed by atoms with van der Waals surface area (Å²) in [5, 5.41) is 3.46. The number of fused-ring (bicyclic) bond motifs is 2. The van der Waals surface area contributed by atoms with Gasteiger partial charge in [-0.05, 0) is 56.3 Å². The summed E-state index contributed by atoms with van der Waals surface area (Å²) >= 11 is 0. The Labute approximate surface area is 120 Å². The Hall–Kier alpha value is -1.27. The Balaban J connectivity index is 1.84. The van der Waals surface area contributed by atoms with Crippen LogP contribution in [0.15, 0.2) is 23.1 Å². The molecule has 0 spiro atoms. The third-order valence-electron chi connectivity index (χ3n) is 4.68. The molecule has 2 aliphatic carbocycles. The summed E-state index contributed by atoms with van der Waals surface area (Å²) in [7, 11) is -2.02. The van der Waals surface area contributed by atoms with Crippen LogP contribution in [0.4, 0.5) is 11.4 Å². The number of sulfonamides is 1. The smallest absolute Gasteiger partial charge is 0.240 e. The van der Waals surface area contributed by atoms with E-state index in [1.165, 1.54) is 38.8 Å². The zero-order valence-electron chi connectivity index (χ0n) is 11.6. The van der Waals surface area contributed by atoms with Crippen LogP contribution in [0.5, 0.6) is 0 Å². The minimum atomic E-state index is -3.43. The lowest BCUT2D eigenvalue weighted by Gasteiger charge is -2.25. The lowest BCUT2D eigenvalue weighted by atomic mass is 9.95. The molecular weight excluding hydrogens is 274 g/mol. The standard InChI is InChI=1S/C14H21N3O2S/c1-16-20(18,19)11-4-5-12(15)14(8-11)17-13-7-9-2-3-10(13)6-9/h4-5,8-10,13,16-17H,2-3,6-7,15H2,1H3. The Morgan fingerprint density at radius 1 is 1.25 bits per heavy atom. The van der Waals surface area contributed by atoms with E-state index >= 15 is 0 Å². The van der Waals surface area contributed by atoms with Gasteiger partial charge in [0.25, 0.3) is 0 Å². The van der Waals surface area contributed by atoms with Gasteiger partial charge in [-0.3, -0.25) is 0 Å². The molecule has 0 amide bonds. The molecule has 2 saturated carbocycles. The number of nitrogen functional groups attached to an aromatic ring is 1. The fraction of sp³-hybridized carbons (Fsp3) is 0.571. The molecule has 0 aliphatic heterocycles. The van der Waals surface area contributed by atoms with E-state index in [2.05, 4.69) is 10.0 Å². The van der Waals surface area contributed by atoms with Gasteiger partial charge in [-0.1, -0.05) is 6.42 Å². The largest absolute Gasteiger partial charge is 0.397 e. The maximum absolute atomic E-state index is 11.8. The quantitative estimate of drug-likeness (QED) is 0.739. The first-order valence-electron chi connectivity index (χ1n) is 7.09. The van der Waals surface area contributed by atoms with Gasteiger partial charge in [-0.15, -0.1) is 0 Å². The molecule has 20 heavy (non-hydrogen) atoms. The predicted molar refractivity (Wildman–Crippen MR) is 80.0 cm³/mol. The molecule has 2 bridgehead atoms. The molecule has 2 fully saturated rings. The van der Waals surface area contributed by atoms with Crippen molar-refractivity contribution < 1.29 is 8.42 Å². The number of nitrogens with two attached hydrogens (primary N) is 1. The summed E-state index contributed by atoms with van der Waals surface area (Å²) < 4.78 is 26.0. The molecule has 0 heterocycles. The lowest BCUT2D eigenvalue weighted by Crippen LogP contribution is -2.26. The van der Waals surface area contributed by atoms with Gasteiger partial charge in [-0.2, -0.15) is 0 Å². The van der Waals surface area contributed by atoms with Crippen molar-refractivity contribution in [2.45, 2.75) is 36.6 Å². The topological polar surface area (TPSA) is 84.2 Å². The monoisotopic (exact) mass is 295 g/mol. The number of hydrogen-bond donors (Lipinski definition) is 3. The van der Waals surface area contributed by atoms with Crippen LogP contribution < -0.4 is 15.8 Å². The second-order valence-electron chi connectivity index (χ2n) is 5.88. The highest BCUT2D eigenvalue weighted by atomic mass is 32.2. The minimum Gasteiger partial charge on any atom is -0.397 e. The van der Waals surface area contributed by atoms with Gasteiger partial charge in [0.1, 0.15) is 0 Å². The average Bonchev–Trinajstić information content (AvgIpc) is 3.03. The van der Waals surface area contributed by atoms with Crippen LogP contribution in [-0.4, -0.2) is 21.5 Å². The summed E-state index contributed by atoms with van der Waals surface area (Å²) in [4.78, 5) is 0.250. The molecule has 4 N–H and O–H groups in total. The summed E-state index contributed by atoms with van der Waals surface area (Å²) in [6, 6.07) is 5.25. The van der Waals surface area contributed by atoms with E-state index in [1.54, 1.807) is 12.1 Å². The van der Waals surface area contributed by atoms with E-state index in [0.29, 0.717) is 17.6 Å². The van der Waals surface area contributed by atoms with Crippen molar-refractivity contribution in [3.05, 3.63) is 18.2 Å². The predicted octanol–water partition coefficient (Wildman–Crippen LogP) is 1.78. The summed E-state index contributed by atoms with van der Waals surface area (Å²) in [5.41, 5.74) is 7.31. The van der Waals surface area contributed by atoms with Crippen LogP contribution in [0.1, 0.15) is 25.7 Å². The SMILES string of the molecule is CNS(=O)(=O)c1ccc(N)c(NC2CC3CCC2C3)c1. The second kappa shape index (κ2) is 4.93. The summed E-state index contributed by atoms with van der Waals surface area (Å²) in [6.07, 6.45) is 5.09. The molecular formula is C14H21N3O2S. The number of anilines is 2. The molecule has 1 aromatic carbocycles. The third kappa shape index (κ3) is 2.38. The highest BCUT2D eigenvalue weighted by molar-refractivity contribution is 7.89. The first-order valence-corrected chi connectivity index (χ1v) is 8.57. The van der Waals surface area contributed by atoms with Crippen molar-refractivity contribution in [3.63, 3.8) is 0 Å². The van der Waals surface area contributed by atoms with Gasteiger partial charge < -0.3 is 11.1 Å². The van der Waals surface area contributed by atoms with Gasteiger partial charge in [0, 0.05) is 6.04 Å². The van der Waals surface area contributed by atoms with Crippen LogP contribution in [0.2, 0.25) is 0 Å². The Bertz CT molecular complexity index is 615. The lowest BCUT2D eigenvalue weighted by molar-refractivity contribution is 0.440. The highest BCUT2D eigenvalue weighted by Gasteiger charge is 2.39. The Morgan fingerprint density at radius 2 is 2.05 bits per heavy atom. The Kier molecular flexibility index (Phi) is 3.38. The van der Waals surface area contributed by atoms with Crippen molar-refractivity contribution in [1.29, 1.82) is 0 Å². The zero-order chi connectivity index (χ0) is 14.3. The fourth-order valence-corrected chi connectivity index (χ4v) is 4.32. The minimum absolute atomic E-state index is 0.250. The summed E-state index contributed by atoms with van der Waals surface area (Å²) in [5.74, 6) is 1.55. The van der Waals surface area contributed by atoms with Crippen molar-refractivity contribution in [1.82, 2.24) is 4.72 Å². The van der Waals surface area contributed by atoms with Crippen molar-refractivity contribution in [2.75, 3.05) is 18.1 Å². The van der Waals surface area contributed by atoms with Crippen molar-refractivity contribution in [3.8, 4) is 0 Å². The second-order valence-corrected chi connectivity index (χ2v) is 7.77. The fourth-order valence-electron chi connectivity index (χ4n) is 3.57. The van der Waals surface area contributed by atoms with E-state index in [1.807, 2.05) is 0 Å². The number of rotatable bonds is 4. The van der Waals surface area contributed by atoms with Gasteiger partial charge >= 0.3 is 0 Å². The molecule has 5 nitrogen and oxygen atoms in total. The Morgan fingerprint density at radius 3 is 2.65 bits per heavy atom. The van der Waals surface area contributed by atoms with E-state index in [9.17, 15) is 8.42 Å². The first kappa shape index (κ1) is 13.7. The van der Waals surface area contributed by atoms with Gasteiger partial charge in [0.2, 0.25) is 10.0 Å². The van der Waals surface area contributed by atoms with E-state index < -0.39 is 10.0 Å². The van der Waals surface area contributed by atoms with E-state index in [4.69, 9.17) is 5.73 Å². The molecule has 110 valence electrons. The zero-order valence-corrected chi connectivity index (χ0v) is 12.4. The number of benzene rings is 1. The molecule has 3 rings (SSSR count). The van der Waals surface area contributed by atoms with Crippen LogP contribution in [0, 0.1) is 11.8 Å². The van der Waals surface area contributed by atoms with Crippen LogP contribution in [0.25, 0.3) is 0 Å². The third-order valence-corrected chi connectivity index (χ3v) is 6.09. The molecule has 3 unspecified atom stereocenters. The van der Waals surface area contributed by atoms with Crippen molar-refractivity contribution >= 4 is 21.4 Å². The van der Waals surface area contributed by atoms with E-state index in [-0.39, 0.29) is 4.90 Å². The molecule has 6 heteroatoms.